The zero-order chi connectivity index (χ0) is 17.6. The van der Waals surface area contributed by atoms with Gasteiger partial charge < -0.3 is 15.0 Å². The largest absolute Gasteiger partial charge is 0.381 e. The highest BCUT2D eigenvalue weighted by Crippen LogP contribution is 2.38. The van der Waals surface area contributed by atoms with Crippen molar-refractivity contribution in [1.29, 1.82) is 0 Å². The topological polar surface area (TPSA) is 40.1 Å². The Balaban J connectivity index is 1.85. The van der Waals surface area contributed by atoms with Gasteiger partial charge in [-0.2, -0.15) is 0 Å². The average molecular weight is 339 g/mol. The number of guanidine groups is 1. The highest BCUT2D eigenvalue weighted by atomic mass is 16.5. The van der Waals surface area contributed by atoms with Crippen LogP contribution in [0, 0.1) is 5.41 Å². The summed E-state index contributed by atoms with van der Waals surface area (Å²) in [6.45, 7) is 18.3. The van der Waals surface area contributed by atoms with Gasteiger partial charge in [-0.25, -0.2) is 0 Å². The lowest BCUT2D eigenvalue weighted by Crippen LogP contribution is -2.42. The SMILES string of the molecule is CCNC(=NCCCN(C(C)C)C(C)C)N1CCC2(CCOC2)C1. The van der Waals surface area contributed by atoms with E-state index in [2.05, 4.69) is 49.7 Å². The summed E-state index contributed by atoms with van der Waals surface area (Å²) >= 11 is 0. The van der Waals surface area contributed by atoms with Crippen LogP contribution < -0.4 is 5.32 Å². The van der Waals surface area contributed by atoms with Crippen LogP contribution in [-0.4, -0.2) is 73.8 Å². The highest BCUT2D eigenvalue weighted by molar-refractivity contribution is 5.80. The Morgan fingerprint density at radius 2 is 2.00 bits per heavy atom. The van der Waals surface area contributed by atoms with E-state index in [9.17, 15) is 0 Å². The fraction of sp³-hybridized carbons (Fsp3) is 0.947. The fourth-order valence-electron chi connectivity index (χ4n) is 4.06. The van der Waals surface area contributed by atoms with Gasteiger partial charge in [-0.1, -0.05) is 0 Å². The van der Waals surface area contributed by atoms with Crippen molar-refractivity contribution >= 4 is 5.96 Å². The van der Waals surface area contributed by atoms with Gasteiger partial charge in [0.15, 0.2) is 5.96 Å². The van der Waals surface area contributed by atoms with E-state index in [1.807, 2.05) is 0 Å². The van der Waals surface area contributed by atoms with E-state index in [4.69, 9.17) is 9.73 Å². The molecule has 0 radical (unpaired) electrons. The molecule has 0 amide bonds. The maximum atomic E-state index is 5.65. The van der Waals surface area contributed by atoms with Gasteiger partial charge in [-0.3, -0.25) is 9.89 Å². The molecule has 0 aromatic carbocycles. The maximum absolute atomic E-state index is 5.65. The lowest BCUT2D eigenvalue weighted by molar-refractivity contribution is 0.156. The van der Waals surface area contributed by atoms with E-state index >= 15 is 0 Å². The summed E-state index contributed by atoms with van der Waals surface area (Å²) in [7, 11) is 0. The summed E-state index contributed by atoms with van der Waals surface area (Å²) in [4.78, 5) is 9.89. The molecule has 1 N–H and O–H groups in total. The first-order valence-corrected chi connectivity index (χ1v) is 9.84. The highest BCUT2D eigenvalue weighted by Gasteiger charge is 2.42. The Morgan fingerprint density at radius 1 is 1.25 bits per heavy atom. The lowest BCUT2D eigenvalue weighted by atomic mass is 9.87. The monoisotopic (exact) mass is 338 g/mol. The van der Waals surface area contributed by atoms with E-state index in [1.54, 1.807) is 0 Å². The smallest absolute Gasteiger partial charge is 0.193 e. The predicted octanol–water partition coefficient (Wildman–Crippen LogP) is 2.57. The number of nitrogens with zero attached hydrogens (tertiary/aromatic N) is 3. The van der Waals surface area contributed by atoms with Crippen molar-refractivity contribution in [3.05, 3.63) is 0 Å². The van der Waals surface area contributed by atoms with Crippen LogP contribution in [0.4, 0.5) is 0 Å². The van der Waals surface area contributed by atoms with E-state index in [0.717, 1.165) is 58.3 Å². The van der Waals surface area contributed by atoms with E-state index in [-0.39, 0.29) is 0 Å². The van der Waals surface area contributed by atoms with Gasteiger partial charge in [0, 0.05) is 56.8 Å². The Bertz CT molecular complexity index is 394. The molecule has 2 heterocycles. The molecular weight excluding hydrogens is 300 g/mol. The summed E-state index contributed by atoms with van der Waals surface area (Å²) < 4.78 is 5.65. The molecule has 140 valence electrons. The maximum Gasteiger partial charge on any atom is 0.193 e. The van der Waals surface area contributed by atoms with Crippen molar-refractivity contribution in [2.45, 2.75) is 66.0 Å². The van der Waals surface area contributed by atoms with Gasteiger partial charge in [0.05, 0.1) is 6.61 Å². The van der Waals surface area contributed by atoms with Crippen molar-refractivity contribution in [1.82, 2.24) is 15.1 Å². The molecule has 2 rings (SSSR count). The van der Waals surface area contributed by atoms with Crippen molar-refractivity contribution < 1.29 is 4.74 Å². The van der Waals surface area contributed by atoms with Crippen LogP contribution in [0.25, 0.3) is 0 Å². The lowest BCUT2D eigenvalue weighted by Gasteiger charge is -2.30. The third kappa shape index (κ3) is 5.09. The zero-order valence-electron chi connectivity index (χ0n) is 16.5. The van der Waals surface area contributed by atoms with E-state index < -0.39 is 0 Å². The van der Waals surface area contributed by atoms with Gasteiger partial charge in [0.2, 0.25) is 0 Å². The Morgan fingerprint density at radius 3 is 2.58 bits per heavy atom. The van der Waals surface area contributed by atoms with Gasteiger partial charge in [-0.15, -0.1) is 0 Å². The molecular formula is C19H38N4O. The van der Waals surface area contributed by atoms with Crippen LogP contribution in [0.15, 0.2) is 4.99 Å². The minimum Gasteiger partial charge on any atom is -0.381 e. The molecule has 2 aliphatic heterocycles. The molecule has 5 nitrogen and oxygen atoms in total. The fourth-order valence-corrected chi connectivity index (χ4v) is 4.06. The molecule has 5 heteroatoms. The number of likely N-dealkylation sites (tertiary alicyclic amines) is 1. The molecule has 0 aromatic rings. The van der Waals surface area contributed by atoms with Crippen LogP contribution >= 0.6 is 0 Å². The van der Waals surface area contributed by atoms with Crippen LogP contribution in [0.1, 0.15) is 53.9 Å². The van der Waals surface area contributed by atoms with Gasteiger partial charge in [0.1, 0.15) is 0 Å². The first-order valence-electron chi connectivity index (χ1n) is 9.84. The predicted molar refractivity (Wildman–Crippen MR) is 102 cm³/mol. The summed E-state index contributed by atoms with van der Waals surface area (Å²) in [5, 5.41) is 3.49. The minimum absolute atomic E-state index is 0.391. The number of hydrogen-bond acceptors (Lipinski definition) is 3. The van der Waals surface area contributed by atoms with Crippen molar-refractivity contribution in [2.75, 3.05) is 45.9 Å². The number of aliphatic imine (C=N–C) groups is 1. The second kappa shape index (κ2) is 9.04. The zero-order valence-corrected chi connectivity index (χ0v) is 16.5. The van der Waals surface area contributed by atoms with E-state index in [1.165, 1.54) is 12.8 Å². The van der Waals surface area contributed by atoms with Crippen LogP contribution in [-0.2, 0) is 4.74 Å². The number of rotatable bonds is 7. The quantitative estimate of drug-likeness (QED) is 0.440. The van der Waals surface area contributed by atoms with Crippen molar-refractivity contribution in [3.8, 4) is 0 Å². The molecule has 1 atom stereocenters. The molecule has 1 spiro atoms. The minimum atomic E-state index is 0.391. The second-order valence-electron chi connectivity index (χ2n) is 7.99. The first kappa shape index (κ1) is 19.5. The van der Waals surface area contributed by atoms with Crippen LogP contribution in [0.5, 0.6) is 0 Å². The van der Waals surface area contributed by atoms with Crippen LogP contribution in [0.3, 0.4) is 0 Å². The average Bonchev–Trinajstić information content (AvgIpc) is 3.15. The molecule has 0 aromatic heterocycles. The number of ether oxygens (including phenoxy) is 1. The standard InChI is InChI=1S/C19H38N4O/c1-6-20-18(21-10-7-11-23(16(2)3)17(4)5)22-12-8-19(14-22)9-13-24-15-19/h16-17H,6-15H2,1-5H3,(H,20,21). The first-order chi connectivity index (χ1) is 11.5. The molecule has 2 fully saturated rings. The van der Waals surface area contributed by atoms with Crippen molar-refractivity contribution in [2.24, 2.45) is 10.4 Å². The molecule has 2 aliphatic rings. The van der Waals surface area contributed by atoms with E-state index in [0.29, 0.717) is 17.5 Å². The van der Waals surface area contributed by atoms with Crippen molar-refractivity contribution in [3.63, 3.8) is 0 Å². The van der Waals surface area contributed by atoms with Crippen LogP contribution in [0.2, 0.25) is 0 Å². The normalized spacial score (nSPS) is 25.0. The third-order valence-corrected chi connectivity index (χ3v) is 5.42. The molecule has 0 aliphatic carbocycles. The third-order valence-electron chi connectivity index (χ3n) is 5.42. The summed E-state index contributed by atoms with van der Waals surface area (Å²) in [6.07, 6.45) is 3.57. The molecule has 2 saturated heterocycles. The second-order valence-corrected chi connectivity index (χ2v) is 7.99. The molecule has 0 saturated carbocycles. The van der Waals surface area contributed by atoms with Gasteiger partial charge in [-0.05, 0) is 53.9 Å². The number of nitrogens with one attached hydrogen (secondary N) is 1. The molecule has 0 bridgehead atoms. The Hall–Kier alpha value is -0.810. The van der Waals surface area contributed by atoms with Gasteiger partial charge >= 0.3 is 0 Å². The number of hydrogen-bond donors (Lipinski definition) is 1. The summed E-state index contributed by atoms with van der Waals surface area (Å²) in [5.74, 6) is 1.10. The molecule has 24 heavy (non-hydrogen) atoms. The Kier molecular flexibility index (Phi) is 7.35. The summed E-state index contributed by atoms with van der Waals surface area (Å²) in [5.41, 5.74) is 0.391. The van der Waals surface area contributed by atoms with Gasteiger partial charge in [0.25, 0.3) is 0 Å². The molecule has 1 unspecified atom stereocenters. The summed E-state index contributed by atoms with van der Waals surface area (Å²) in [6, 6.07) is 1.20. The Labute approximate surface area is 148 Å².